The summed E-state index contributed by atoms with van der Waals surface area (Å²) in [6.45, 7) is 3.94. The molecule has 172 valence electrons. The van der Waals surface area contributed by atoms with Gasteiger partial charge in [0.2, 0.25) is 11.8 Å². The zero-order valence-corrected chi connectivity index (χ0v) is 19.0. The fourth-order valence-electron chi connectivity index (χ4n) is 6.69. The van der Waals surface area contributed by atoms with E-state index in [-0.39, 0.29) is 5.69 Å². The van der Waals surface area contributed by atoms with Crippen LogP contribution in [0.4, 0.5) is 18.9 Å². The number of hydrogen-bond donors (Lipinski definition) is 0. The van der Waals surface area contributed by atoms with E-state index in [0.717, 1.165) is 39.3 Å². The summed E-state index contributed by atoms with van der Waals surface area (Å²) < 4.78 is 40.6. The number of carbonyl (C=O) groups excluding carboxylic acids is 2. The van der Waals surface area contributed by atoms with Gasteiger partial charge < -0.3 is 0 Å². The van der Waals surface area contributed by atoms with Crippen molar-refractivity contribution in [3.05, 3.63) is 99.6 Å². The minimum absolute atomic E-state index is 0.110. The average Bonchev–Trinajstić information content (AvgIpc) is 3.08. The number of carbonyl (C=O) groups is 2. The average molecular weight is 482 g/mol. The molecular weight excluding hydrogens is 463 g/mol. The fraction of sp³-hybridized carbons (Fsp3) is 0.259. The lowest BCUT2D eigenvalue weighted by Gasteiger charge is -2.57. The predicted molar refractivity (Wildman–Crippen MR) is 122 cm³/mol. The molecule has 1 fully saturated rings. The first-order valence-corrected chi connectivity index (χ1v) is 11.3. The normalized spacial score (nSPS) is 29.2. The zero-order valence-electron chi connectivity index (χ0n) is 18.3. The highest BCUT2D eigenvalue weighted by molar-refractivity contribution is 6.32. The molecule has 3 aromatic carbocycles. The number of imide groups is 1. The molecule has 7 heteroatoms. The van der Waals surface area contributed by atoms with Crippen LogP contribution in [0, 0.1) is 11.8 Å². The fourth-order valence-corrected chi connectivity index (χ4v) is 6.92. The second-order valence-electron chi connectivity index (χ2n) is 9.63. The maximum atomic E-state index is 13.9. The van der Waals surface area contributed by atoms with Gasteiger partial charge in [0, 0.05) is 10.8 Å². The Bertz CT molecular complexity index is 1290. The predicted octanol–water partition coefficient (Wildman–Crippen LogP) is 6.10. The molecule has 3 aromatic rings. The van der Waals surface area contributed by atoms with Gasteiger partial charge in [-0.15, -0.1) is 0 Å². The van der Waals surface area contributed by atoms with Crippen molar-refractivity contribution in [1.82, 2.24) is 0 Å². The van der Waals surface area contributed by atoms with Gasteiger partial charge in [0.15, 0.2) is 0 Å². The molecule has 0 saturated carbocycles. The maximum absolute atomic E-state index is 13.9. The smallest absolute Gasteiger partial charge is 0.274 e. The van der Waals surface area contributed by atoms with Crippen LogP contribution in [0.2, 0.25) is 5.02 Å². The van der Waals surface area contributed by atoms with Gasteiger partial charge >= 0.3 is 6.18 Å². The molecule has 1 saturated heterocycles. The summed E-state index contributed by atoms with van der Waals surface area (Å²) in [4.78, 5) is 28.8. The van der Waals surface area contributed by atoms with E-state index < -0.39 is 51.2 Å². The summed E-state index contributed by atoms with van der Waals surface area (Å²) in [5.41, 5.74) is 1.14. The van der Waals surface area contributed by atoms with Crippen molar-refractivity contribution in [2.75, 3.05) is 4.90 Å². The lowest BCUT2D eigenvalue weighted by atomic mass is 9.42. The largest absolute Gasteiger partial charge is 0.417 e. The van der Waals surface area contributed by atoms with Crippen molar-refractivity contribution in [1.29, 1.82) is 0 Å². The molecule has 2 bridgehead atoms. The molecule has 0 radical (unpaired) electrons. The third-order valence-corrected chi connectivity index (χ3v) is 8.49. The van der Waals surface area contributed by atoms with Gasteiger partial charge in [-0.3, -0.25) is 9.59 Å². The Morgan fingerprint density at radius 3 is 1.56 bits per heavy atom. The number of benzene rings is 3. The van der Waals surface area contributed by atoms with Crippen LogP contribution in [0.1, 0.15) is 41.7 Å². The quantitative estimate of drug-likeness (QED) is 0.394. The van der Waals surface area contributed by atoms with Crippen LogP contribution >= 0.6 is 11.6 Å². The van der Waals surface area contributed by atoms with E-state index in [1.54, 1.807) is 0 Å². The summed E-state index contributed by atoms with van der Waals surface area (Å²) in [5, 5.41) is -0.480. The summed E-state index contributed by atoms with van der Waals surface area (Å²) in [6, 6.07) is 18.8. The van der Waals surface area contributed by atoms with Gasteiger partial charge in [-0.1, -0.05) is 74.0 Å². The number of alkyl halides is 3. The van der Waals surface area contributed by atoms with E-state index in [1.807, 2.05) is 62.4 Å². The number of nitrogens with zero attached hydrogens (tertiary/aromatic N) is 1. The van der Waals surface area contributed by atoms with E-state index in [9.17, 15) is 22.8 Å². The summed E-state index contributed by atoms with van der Waals surface area (Å²) in [7, 11) is 0. The molecule has 0 N–H and O–H groups in total. The molecule has 0 unspecified atom stereocenters. The highest BCUT2D eigenvalue weighted by atomic mass is 35.5. The Hall–Kier alpha value is -3.12. The van der Waals surface area contributed by atoms with Crippen molar-refractivity contribution >= 4 is 29.1 Å². The summed E-state index contributed by atoms with van der Waals surface area (Å²) in [6.07, 6.45) is -4.71. The highest BCUT2D eigenvalue weighted by Gasteiger charge is 2.70. The molecule has 2 amide bonds. The highest BCUT2D eigenvalue weighted by Crippen LogP contribution is 2.66. The molecule has 0 spiro atoms. The van der Waals surface area contributed by atoms with Gasteiger partial charge in [-0.2, -0.15) is 13.2 Å². The first-order valence-electron chi connectivity index (χ1n) is 11.0. The van der Waals surface area contributed by atoms with Crippen LogP contribution in [0.25, 0.3) is 0 Å². The van der Waals surface area contributed by atoms with Crippen molar-refractivity contribution in [2.45, 2.75) is 30.9 Å². The van der Waals surface area contributed by atoms with Crippen molar-refractivity contribution in [2.24, 2.45) is 11.8 Å². The van der Waals surface area contributed by atoms with Crippen LogP contribution < -0.4 is 4.90 Å². The Morgan fingerprint density at radius 2 is 1.18 bits per heavy atom. The molecule has 4 aliphatic rings. The Morgan fingerprint density at radius 1 is 0.765 bits per heavy atom. The number of halogens is 4. The van der Waals surface area contributed by atoms with Crippen molar-refractivity contribution in [3.8, 4) is 0 Å². The summed E-state index contributed by atoms with van der Waals surface area (Å²) in [5.74, 6) is -2.44. The molecule has 2 atom stereocenters. The lowest BCUT2D eigenvalue weighted by molar-refractivity contribution is -0.137. The molecule has 7 rings (SSSR count). The van der Waals surface area contributed by atoms with Crippen LogP contribution in [0.5, 0.6) is 0 Å². The Balaban J connectivity index is 1.60. The minimum Gasteiger partial charge on any atom is -0.274 e. The van der Waals surface area contributed by atoms with Crippen LogP contribution in [0.15, 0.2) is 66.7 Å². The lowest BCUT2D eigenvalue weighted by Crippen LogP contribution is -2.59. The van der Waals surface area contributed by atoms with Gasteiger partial charge in [-0.25, -0.2) is 4.90 Å². The Kier molecular flexibility index (Phi) is 4.10. The number of rotatable bonds is 1. The second-order valence-corrected chi connectivity index (χ2v) is 10.0. The molecule has 3 nitrogen and oxygen atoms in total. The van der Waals surface area contributed by atoms with E-state index in [0.29, 0.717) is 0 Å². The van der Waals surface area contributed by atoms with E-state index >= 15 is 0 Å². The first kappa shape index (κ1) is 21.4. The zero-order chi connectivity index (χ0) is 24.2. The summed E-state index contributed by atoms with van der Waals surface area (Å²) >= 11 is 5.80. The standard InChI is InChI=1S/C27H19ClF3NO2/c1-25-15-7-3-5-9-17(15)26(2,18-10-6-4-8-16(18)25)22-21(25)23(33)32(24(22)34)14-11-12-20(28)19(13-14)27(29,30)31/h3-13,21-22H,1-2H3/t21-,22-,25?,26?/m1/s1. The van der Waals surface area contributed by atoms with Gasteiger partial charge in [0.1, 0.15) is 0 Å². The van der Waals surface area contributed by atoms with Gasteiger partial charge in [0.25, 0.3) is 0 Å². The molecule has 3 aliphatic carbocycles. The monoisotopic (exact) mass is 481 g/mol. The third-order valence-electron chi connectivity index (χ3n) is 8.16. The topological polar surface area (TPSA) is 37.4 Å². The van der Waals surface area contributed by atoms with E-state index in [2.05, 4.69) is 0 Å². The van der Waals surface area contributed by atoms with Crippen LogP contribution in [-0.4, -0.2) is 11.8 Å². The minimum atomic E-state index is -4.71. The molecule has 34 heavy (non-hydrogen) atoms. The third kappa shape index (κ3) is 2.34. The van der Waals surface area contributed by atoms with Crippen LogP contribution in [0.3, 0.4) is 0 Å². The molecule has 1 aliphatic heterocycles. The van der Waals surface area contributed by atoms with Crippen LogP contribution in [-0.2, 0) is 26.6 Å². The maximum Gasteiger partial charge on any atom is 0.417 e. The number of hydrogen-bond acceptors (Lipinski definition) is 2. The second kappa shape index (κ2) is 6.51. The first-order chi connectivity index (χ1) is 16.0. The van der Waals surface area contributed by atoms with Gasteiger partial charge in [0.05, 0.1) is 28.1 Å². The Labute approximate surface area is 199 Å². The van der Waals surface area contributed by atoms with Crippen molar-refractivity contribution in [3.63, 3.8) is 0 Å². The number of anilines is 1. The van der Waals surface area contributed by atoms with Crippen molar-refractivity contribution < 1.29 is 22.8 Å². The van der Waals surface area contributed by atoms with E-state index in [1.165, 1.54) is 6.07 Å². The number of amides is 2. The molecule has 0 aromatic heterocycles. The molecular formula is C27H19ClF3NO2. The molecule has 1 heterocycles. The van der Waals surface area contributed by atoms with Gasteiger partial charge in [-0.05, 0) is 40.5 Å². The SMILES string of the molecule is CC12c3ccccc3C(C)(c3ccccc31)[C@H]1C(=O)N(c3ccc(Cl)c(C(F)(F)F)c3)C(=O)[C@@H]12. The van der Waals surface area contributed by atoms with E-state index in [4.69, 9.17) is 11.6 Å².